The van der Waals surface area contributed by atoms with Gasteiger partial charge in [0.25, 0.3) is 0 Å². The highest BCUT2D eigenvalue weighted by molar-refractivity contribution is 7.16. The van der Waals surface area contributed by atoms with Crippen LogP contribution in [0, 0.1) is 0 Å². The van der Waals surface area contributed by atoms with Crippen molar-refractivity contribution in [1.82, 2.24) is 19.5 Å². The molecular formula is C22H24N6O3S. The highest BCUT2D eigenvalue weighted by Crippen LogP contribution is 2.37. The number of nitrogens with zero attached hydrogens (tertiary/aromatic N) is 4. The van der Waals surface area contributed by atoms with E-state index in [0.29, 0.717) is 51.9 Å². The maximum atomic E-state index is 12.9. The van der Waals surface area contributed by atoms with Crippen molar-refractivity contribution < 1.29 is 14.7 Å². The number of aliphatic hydroxyl groups is 1. The van der Waals surface area contributed by atoms with E-state index in [9.17, 15) is 14.7 Å². The molecule has 1 aliphatic carbocycles. The number of ketones is 1. The lowest BCUT2D eigenvalue weighted by Crippen LogP contribution is -2.13. The second-order valence-corrected chi connectivity index (χ2v) is 8.42. The maximum Gasteiger partial charge on any atom is 0.226 e. The number of aliphatic hydroxyl groups excluding tert-OH is 1. The molecule has 166 valence electrons. The number of nitrogens with one attached hydrogen (secondary N) is 2. The van der Waals surface area contributed by atoms with Crippen molar-refractivity contribution in [3.05, 3.63) is 58.3 Å². The van der Waals surface area contributed by atoms with Gasteiger partial charge in [0.15, 0.2) is 10.9 Å². The van der Waals surface area contributed by atoms with Crippen molar-refractivity contribution in [2.45, 2.75) is 32.6 Å². The van der Waals surface area contributed by atoms with E-state index < -0.39 is 0 Å². The Morgan fingerprint density at radius 2 is 2.09 bits per heavy atom. The number of pyridine rings is 1. The molecule has 3 N–H and O–H groups in total. The van der Waals surface area contributed by atoms with Gasteiger partial charge in [-0.05, 0) is 31.9 Å². The molecule has 0 saturated carbocycles. The van der Waals surface area contributed by atoms with Crippen LogP contribution in [0.1, 0.15) is 46.5 Å². The smallest absolute Gasteiger partial charge is 0.226 e. The highest BCUT2D eigenvalue weighted by atomic mass is 32.1. The molecule has 0 saturated heterocycles. The third-order valence-corrected chi connectivity index (χ3v) is 6.23. The third-order valence-electron chi connectivity index (χ3n) is 5.21. The standard InChI is InChI=1S/C22H24N6O3S/c1-3-23-16-7-4-13(12-25-16)19(30)14-5-6-15-21(20(14)31)32-22(26-15)27-18(29)9-8-17-24-10-11-28(17)2/h4,7,10-12,31H,3,5-6,8-9H2,1-2H3,(H,23,25)(H,26,27,29). The Labute approximate surface area is 189 Å². The number of rotatable bonds is 8. The molecule has 1 aliphatic rings. The Kier molecular flexibility index (Phi) is 6.31. The molecule has 0 aliphatic heterocycles. The molecule has 3 heterocycles. The van der Waals surface area contributed by atoms with Gasteiger partial charge in [0.05, 0.1) is 10.6 Å². The summed E-state index contributed by atoms with van der Waals surface area (Å²) in [7, 11) is 1.88. The molecule has 32 heavy (non-hydrogen) atoms. The molecule has 0 spiro atoms. The van der Waals surface area contributed by atoms with Crippen LogP contribution in [0.25, 0.3) is 5.76 Å². The van der Waals surface area contributed by atoms with Crippen LogP contribution in [0.3, 0.4) is 0 Å². The Balaban J connectivity index is 1.45. The topological polar surface area (TPSA) is 122 Å². The van der Waals surface area contributed by atoms with Crippen molar-refractivity contribution in [1.29, 1.82) is 0 Å². The SMILES string of the molecule is CCNc1ccc(C(=O)C2=C(O)c3sc(NC(=O)CCc4nccn4C)nc3CC2)cn1. The number of fused-ring (bicyclic) bond motifs is 1. The number of anilines is 2. The quantitative estimate of drug-likeness (QED) is 0.448. The minimum Gasteiger partial charge on any atom is -0.506 e. The average Bonchev–Trinajstić information content (AvgIpc) is 3.39. The summed E-state index contributed by atoms with van der Waals surface area (Å²) < 4.78 is 1.88. The fourth-order valence-corrected chi connectivity index (χ4v) is 4.51. The van der Waals surface area contributed by atoms with Gasteiger partial charge in [-0.25, -0.2) is 15.0 Å². The maximum absolute atomic E-state index is 12.9. The first-order valence-electron chi connectivity index (χ1n) is 10.4. The number of carbonyl (C=O) groups is 2. The molecule has 0 aromatic carbocycles. The number of carbonyl (C=O) groups excluding carboxylic acids is 2. The summed E-state index contributed by atoms with van der Waals surface area (Å²) in [5, 5.41) is 17.1. The van der Waals surface area contributed by atoms with Crippen molar-refractivity contribution >= 4 is 39.7 Å². The lowest BCUT2D eigenvalue weighted by atomic mass is 9.93. The molecule has 0 radical (unpaired) electrons. The van der Waals surface area contributed by atoms with Crippen LogP contribution >= 0.6 is 11.3 Å². The van der Waals surface area contributed by atoms with E-state index in [0.717, 1.165) is 12.4 Å². The van der Waals surface area contributed by atoms with Gasteiger partial charge in [0.1, 0.15) is 17.4 Å². The van der Waals surface area contributed by atoms with Crippen LogP contribution in [0.2, 0.25) is 0 Å². The molecule has 4 rings (SSSR count). The molecule has 0 unspecified atom stereocenters. The van der Waals surface area contributed by atoms with Gasteiger partial charge in [-0.1, -0.05) is 11.3 Å². The van der Waals surface area contributed by atoms with Crippen LogP contribution in [0.15, 0.2) is 36.3 Å². The molecule has 3 aromatic rings. The number of amides is 1. The van der Waals surface area contributed by atoms with Gasteiger partial charge in [0, 0.05) is 56.2 Å². The van der Waals surface area contributed by atoms with Crippen LogP contribution in [0.4, 0.5) is 10.9 Å². The lowest BCUT2D eigenvalue weighted by Gasteiger charge is -2.14. The summed E-state index contributed by atoms with van der Waals surface area (Å²) in [6.07, 6.45) is 6.73. The monoisotopic (exact) mass is 452 g/mol. The Morgan fingerprint density at radius 3 is 2.78 bits per heavy atom. The van der Waals surface area contributed by atoms with E-state index in [-0.39, 0.29) is 23.9 Å². The predicted octanol–water partition coefficient (Wildman–Crippen LogP) is 3.37. The summed E-state index contributed by atoms with van der Waals surface area (Å²) >= 11 is 1.17. The van der Waals surface area contributed by atoms with E-state index in [2.05, 4.69) is 25.6 Å². The van der Waals surface area contributed by atoms with Crippen molar-refractivity contribution in [2.24, 2.45) is 7.05 Å². The van der Waals surface area contributed by atoms with E-state index in [1.807, 2.05) is 24.7 Å². The van der Waals surface area contributed by atoms with E-state index in [4.69, 9.17) is 0 Å². The van der Waals surface area contributed by atoms with E-state index in [1.54, 1.807) is 18.3 Å². The van der Waals surface area contributed by atoms with Crippen molar-refractivity contribution in [2.75, 3.05) is 17.2 Å². The van der Waals surface area contributed by atoms with Crippen LogP contribution in [-0.4, -0.2) is 42.9 Å². The first-order valence-corrected chi connectivity index (χ1v) is 11.2. The first-order chi connectivity index (χ1) is 15.5. The van der Waals surface area contributed by atoms with Gasteiger partial charge in [-0.15, -0.1) is 0 Å². The largest absolute Gasteiger partial charge is 0.506 e. The van der Waals surface area contributed by atoms with Crippen molar-refractivity contribution in [3.8, 4) is 0 Å². The summed E-state index contributed by atoms with van der Waals surface area (Å²) in [4.78, 5) is 38.7. The predicted molar refractivity (Wildman–Crippen MR) is 123 cm³/mol. The van der Waals surface area contributed by atoms with Gasteiger partial charge in [0.2, 0.25) is 5.91 Å². The molecule has 0 fully saturated rings. The minimum atomic E-state index is -0.252. The Bertz CT molecular complexity index is 1180. The van der Waals surface area contributed by atoms with Crippen molar-refractivity contribution in [3.63, 3.8) is 0 Å². The molecule has 1 amide bonds. The highest BCUT2D eigenvalue weighted by Gasteiger charge is 2.28. The Hall–Kier alpha value is -3.53. The lowest BCUT2D eigenvalue weighted by molar-refractivity contribution is -0.116. The third kappa shape index (κ3) is 4.54. The zero-order chi connectivity index (χ0) is 22.7. The fraction of sp³-hybridized carbons (Fsp3) is 0.318. The number of aromatic nitrogens is 4. The second kappa shape index (κ2) is 9.31. The number of aryl methyl sites for hydroxylation is 3. The van der Waals surface area contributed by atoms with Gasteiger partial charge >= 0.3 is 0 Å². The minimum absolute atomic E-state index is 0.0713. The summed E-state index contributed by atoms with van der Waals surface area (Å²) in [6.45, 7) is 2.71. The summed E-state index contributed by atoms with van der Waals surface area (Å²) in [6, 6.07) is 3.44. The number of imidazole rings is 1. The number of allylic oxidation sites excluding steroid dienone is 1. The van der Waals surface area contributed by atoms with Crippen LogP contribution in [-0.2, 0) is 24.7 Å². The molecule has 3 aromatic heterocycles. The van der Waals surface area contributed by atoms with Gasteiger partial charge < -0.3 is 20.3 Å². The average molecular weight is 453 g/mol. The molecular weight excluding hydrogens is 428 g/mol. The van der Waals surface area contributed by atoms with Gasteiger partial charge in [-0.2, -0.15) is 0 Å². The molecule has 0 bridgehead atoms. The molecule has 9 nitrogen and oxygen atoms in total. The van der Waals surface area contributed by atoms with Gasteiger partial charge in [-0.3, -0.25) is 9.59 Å². The fourth-order valence-electron chi connectivity index (χ4n) is 3.51. The zero-order valence-corrected chi connectivity index (χ0v) is 18.7. The summed E-state index contributed by atoms with van der Waals surface area (Å²) in [5.41, 5.74) is 1.44. The number of thiazole rings is 1. The van der Waals surface area contributed by atoms with E-state index >= 15 is 0 Å². The van der Waals surface area contributed by atoms with E-state index in [1.165, 1.54) is 17.5 Å². The normalized spacial score (nSPS) is 13.1. The molecule has 0 atom stereocenters. The van der Waals surface area contributed by atoms with Crippen LogP contribution in [0.5, 0.6) is 0 Å². The zero-order valence-electron chi connectivity index (χ0n) is 17.9. The summed E-state index contributed by atoms with van der Waals surface area (Å²) in [5.74, 6) is 1.02. The number of hydrogen-bond acceptors (Lipinski definition) is 8. The molecule has 10 heteroatoms. The number of hydrogen-bond donors (Lipinski definition) is 3. The van der Waals surface area contributed by atoms with Crippen LogP contribution < -0.4 is 10.6 Å². The second-order valence-electron chi connectivity index (χ2n) is 7.42. The Morgan fingerprint density at radius 1 is 1.25 bits per heavy atom. The number of Topliss-reactive ketones (excluding diaryl/α,β-unsaturated/α-hetero) is 1. The first kappa shape index (κ1) is 21.7.